The minimum Gasteiger partial charge on any atom is -0.480 e. The van der Waals surface area contributed by atoms with Crippen LogP contribution in [0.25, 0.3) is 0 Å². The van der Waals surface area contributed by atoms with Crippen molar-refractivity contribution in [3.05, 3.63) is 23.8 Å². The smallest absolute Gasteiger partial charge is 0.326 e. The average Bonchev–Trinajstić information content (AvgIpc) is 3.12. The van der Waals surface area contributed by atoms with Crippen molar-refractivity contribution in [1.82, 2.24) is 19.8 Å². The normalized spacial score (nSPS) is 24.7. The lowest BCUT2D eigenvalue weighted by Crippen LogP contribution is -2.62. The van der Waals surface area contributed by atoms with Crippen molar-refractivity contribution in [3.63, 3.8) is 0 Å². The van der Waals surface area contributed by atoms with Gasteiger partial charge in [-0.25, -0.2) is 9.97 Å². The fourth-order valence-electron chi connectivity index (χ4n) is 3.58. The van der Waals surface area contributed by atoms with Crippen LogP contribution >= 0.6 is 0 Å². The number of aromatic nitrogens is 2. The molecule has 1 aromatic heterocycles. The van der Waals surface area contributed by atoms with Crippen molar-refractivity contribution in [1.29, 1.82) is 0 Å². The van der Waals surface area contributed by atoms with Crippen LogP contribution in [0, 0.1) is 0 Å². The van der Waals surface area contributed by atoms with Gasteiger partial charge in [0, 0.05) is 45.4 Å². The van der Waals surface area contributed by atoms with Crippen LogP contribution in [0.4, 0.5) is 0 Å². The van der Waals surface area contributed by atoms with E-state index in [-0.39, 0.29) is 18.4 Å². The molecule has 3 heterocycles. The van der Waals surface area contributed by atoms with Gasteiger partial charge in [0.05, 0.1) is 17.9 Å². The molecule has 1 amide bonds. The number of amides is 1. The monoisotopic (exact) mass is 348 g/mol. The lowest BCUT2D eigenvalue weighted by atomic mass is 9.95. The lowest BCUT2D eigenvalue weighted by Gasteiger charge is -2.42. The molecule has 0 aromatic carbocycles. The van der Waals surface area contributed by atoms with Gasteiger partial charge in [0.1, 0.15) is 11.9 Å². The van der Waals surface area contributed by atoms with Crippen molar-refractivity contribution >= 4 is 11.9 Å². The summed E-state index contributed by atoms with van der Waals surface area (Å²) in [6.45, 7) is 6.67. The number of piperazine rings is 1. The number of carbonyl (C=O) groups excluding carboxylic acids is 1. The van der Waals surface area contributed by atoms with E-state index in [9.17, 15) is 14.7 Å². The number of hydrogen-bond donors (Lipinski definition) is 1. The Kier molecular flexibility index (Phi) is 5.01. The summed E-state index contributed by atoms with van der Waals surface area (Å²) in [6.07, 6.45) is 3.52. The standard InChI is InChI=1S/C17H24N4O4/c1-12(2)14-13(9-18-11-19-14)15(22)20-4-6-21(7-5-20)17(16(23)24)3-8-25-10-17/h9,11-12H,3-8,10H2,1-2H3,(H,23,24). The Hall–Kier alpha value is -2.06. The van der Waals surface area contributed by atoms with Crippen molar-refractivity contribution < 1.29 is 19.4 Å². The molecule has 1 N–H and O–H groups in total. The molecular formula is C17H24N4O4. The number of carboxylic acid groups (broad SMARTS) is 1. The Bertz CT molecular complexity index is 650. The minimum atomic E-state index is -0.950. The van der Waals surface area contributed by atoms with Crippen molar-refractivity contribution in [3.8, 4) is 0 Å². The third-order valence-corrected chi connectivity index (χ3v) is 5.09. The minimum absolute atomic E-state index is 0.0870. The quantitative estimate of drug-likeness (QED) is 0.851. The summed E-state index contributed by atoms with van der Waals surface area (Å²) in [5.74, 6) is -0.798. The Morgan fingerprint density at radius 3 is 2.56 bits per heavy atom. The van der Waals surface area contributed by atoms with Crippen molar-refractivity contribution in [2.45, 2.75) is 31.7 Å². The van der Waals surface area contributed by atoms with Crippen LogP contribution in [0.3, 0.4) is 0 Å². The lowest BCUT2D eigenvalue weighted by molar-refractivity contribution is -0.152. The molecular weight excluding hydrogens is 324 g/mol. The predicted molar refractivity (Wildman–Crippen MR) is 89.4 cm³/mol. The summed E-state index contributed by atoms with van der Waals surface area (Å²) in [5, 5.41) is 9.65. The molecule has 136 valence electrons. The van der Waals surface area contributed by atoms with Crippen LogP contribution in [-0.2, 0) is 9.53 Å². The Morgan fingerprint density at radius 1 is 1.28 bits per heavy atom. The number of carbonyl (C=O) groups is 2. The van der Waals surface area contributed by atoms with Gasteiger partial charge in [0.25, 0.3) is 5.91 Å². The molecule has 25 heavy (non-hydrogen) atoms. The fourth-order valence-corrected chi connectivity index (χ4v) is 3.58. The summed E-state index contributed by atoms with van der Waals surface area (Å²) in [5.41, 5.74) is 0.324. The number of rotatable bonds is 4. The highest BCUT2D eigenvalue weighted by atomic mass is 16.5. The molecule has 0 spiro atoms. The maximum atomic E-state index is 12.9. The molecule has 0 radical (unpaired) electrons. The Morgan fingerprint density at radius 2 is 2.00 bits per heavy atom. The summed E-state index contributed by atoms with van der Waals surface area (Å²) >= 11 is 0. The molecule has 2 aliphatic heterocycles. The summed E-state index contributed by atoms with van der Waals surface area (Å²) in [6, 6.07) is 0. The van der Waals surface area contributed by atoms with E-state index >= 15 is 0 Å². The molecule has 1 atom stereocenters. The Balaban J connectivity index is 1.70. The van der Waals surface area contributed by atoms with Gasteiger partial charge in [0.15, 0.2) is 0 Å². The highest BCUT2D eigenvalue weighted by Gasteiger charge is 2.48. The van der Waals surface area contributed by atoms with Gasteiger partial charge >= 0.3 is 5.97 Å². The first-order valence-corrected chi connectivity index (χ1v) is 8.61. The van der Waals surface area contributed by atoms with Gasteiger partial charge in [0.2, 0.25) is 0 Å². The van der Waals surface area contributed by atoms with Gasteiger partial charge in [-0.15, -0.1) is 0 Å². The second-order valence-electron chi connectivity index (χ2n) is 6.89. The van der Waals surface area contributed by atoms with Crippen LogP contribution in [0.15, 0.2) is 12.5 Å². The van der Waals surface area contributed by atoms with Gasteiger partial charge in [-0.2, -0.15) is 0 Å². The first-order valence-electron chi connectivity index (χ1n) is 8.61. The molecule has 2 fully saturated rings. The van der Waals surface area contributed by atoms with E-state index in [1.165, 1.54) is 6.33 Å². The number of hydrogen-bond acceptors (Lipinski definition) is 6. The van der Waals surface area contributed by atoms with E-state index < -0.39 is 11.5 Å². The highest BCUT2D eigenvalue weighted by molar-refractivity contribution is 5.95. The molecule has 3 rings (SSSR count). The second-order valence-corrected chi connectivity index (χ2v) is 6.89. The maximum absolute atomic E-state index is 12.9. The van der Waals surface area contributed by atoms with E-state index in [2.05, 4.69) is 9.97 Å². The van der Waals surface area contributed by atoms with Crippen molar-refractivity contribution in [2.24, 2.45) is 0 Å². The van der Waals surface area contributed by atoms with Crippen LogP contribution in [0.5, 0.6) is 0 Å². The molecule has 2 aliphatic rings. The van der Waals surface area contributed by atoms with E-state index in [1.54, 1.807) is 11.1 Å². The topological polar surface area (TPSA) is 95.9 Å². The number of carboxylic acids is 1. The summed E-state index contributed by atoms with van der Waals surface area (Å²) < 4.78 is 5.34. The zero-order chi connectivity index (χ0) is 18.0. The van der Waals surface area contributed by atoms with Gasteiger partial charge < -0.3 is 14.7 Å². The Labute approximate surface area is 146 Å². The van der Waals surface area contributed by atoms with E-state index in [0.717, 1.165) is 5.69 Å². The fraction of sp³-hybridized carbons (Fsp3) is 0.647. The SMILES string of the molecule is CC(C)c1ncncc1C(=O)N1CCN(C2(C(=O)O)CCOC2)CC1. The van der Waals surface area contributed by atoms with Crippen LogP contribution in [0.2, 0.25) is 0 Å². The first-order chi connectivity index (χ1) is 12.0. The summed E-state index contributed by atoms with van der Waals surface area (Å²) in [7, 11) is 0. The largest absolute Gasteiger partial charge is 0.480 e. The molecule has 1 unspecified atom stereocenters. The molecule has 0 saturated carbocycles. The molecule has 8 nitrogen and oxygen atoms in total. The average molecular weight is 348 g/mol. The van der Waals surface area contributed by atoms with Crippen LogP contribution < -0.4 is 0 Å². The van der Waals surface area contributed by atoms with Gasteiger partial charge in [-0.1, -0.05) is 13.8 Å². The molecule has 0 bridgehead atoms. The second kappa shape index (κ2) is 7.05. The van der Waals surface area contributed by atoms with Crippen LogP contribution in [0.1, 0.15) is 42.2 Å². The van der Waals surface area contributed by atoms with Gasteiger partial charge in [-0.05, 0) is 5.92 Å². The molecule has 8 heteroatoms. The molecule has 2 saturated heterocycles. The third kappa shape index (κ3) is 3.23. The predicted octanol–water partition coefficient (Wildman–Crippen LogP) is 0.602. The zero-order valence-electron chi connectivity index (χ0n) is 14.6. The number of nitrogens with zero attached hydrogens (tertiary/aromatic N) is 4. The molecule has 1 aromatic rings. The summed E-state index contributed by atoms with van der Waals surface area (Å²) in [4.78, 5) is 36.5. The van der Waals surface area contributed by atoms with E-state index in [1.807, 2.05) is 18.7 Å². The number of aliphatic carboxylic acids is 1. The van der Waals surface area contributed by atoms with E-state index in [0.29, 0.717) is 44.8 Å². The van der Waals surface area contributed by atoms with E-state index in [4.69, 9.17) is 4.74 Å². The third-order valence-electron chi connectivity index (χ3n) is 5.09. The highest BCUT2D eigenvalue weighted by Crippen LogP contribution is 2.28. The number of ether oxygens (including phenoxy) is 1. The first kappa shape index (κ1) is 17.8. The van der Waals surface area contributed by atoms with Gasteiger partial charge in [-0.3, -0.25) is 14.5 Å². The molecule has 0 aliphatic carbocycles. The zero-order valence-corrected chi connectivity index (χ0v) is 14.6. The van der Waals surface area contributed by atoms with Crippen LogP contribution in [-0.4, -0.2) is 81.7 Å². The van der Waals surface area contributed by atoms with Crippen molar-refractivity contribution in [2.75, 3.05) is 39.4 Å². The maximum Gasteiger partial charge on any atom is 0.326 e.